The van der Waals surface area contributed by atoms with E-state index in [2.05, 4.69) is 40.7 Å². The molecule has 0 spiro atoms. The predicted molar refractivity (Wildman–Crippen MR) is 242 cm³/mol. The normalized spacial score (nSPS) is 51.7. The first-order valence-electron chi connectivity index (χ1n) is 25.1. The van der Waals surface area contributed by atoms with Crippen molar-refractivity contribution in [3.05, 3.63) is 11.6 Å². The van der Waals surface area contributed by atoms with Gasteiger partial charge in [0.2, 0.25) is 12.6 Å². The molecule has 4 saturated carbocycles. The molecule has 3 aliphatic heterocycles. The van der Waals surface area contributed by atoms with Crippen LogP contribution in [0.15, 0.2) is 11.6 Å². The van der Waals surface area contributed by atoms with Gasteiger partial charge in [0.1, 0.15) is 72.6 Å². The van der Waals surface area contributed by atoms with E-state index in [1.807, 2.05) is 13.8 Å². The fourth-order valence-electron chi connectivity index (χ4n) is 15.2. The Labute approximate surface area is 414 Å². The molecule has 5 aliphatic carbocycles. The van der Waals surface area contributed by atoms with Crippen LogP contribution in [0.2, 0.25) is 0 Å². The van der Waals surface area contributed by atoms with Crippen molar-refractivity contribution in [3.63, 3.8) is 0 Å². The monoisotopic (exact) mass is 1040 g/mol. The number of carbonyl (C=O) groups excluding carboxylic acids is 1. The molecule has 0 amide bonds. The van der Waals surface area contributed by atoms with E-state index in [1.54, 1.807) is 0 Å². The Morgan fingerprint density at radius 1 is 0.634 bits per heavy atom. The molecule has 71 heavy (non-hydrogen) atoms. The van der Waals surface area contributed by atoms with Gasteiger partial charge in [-0.25, -0.2) is 8.37 Å². The first kappa shape index (κ1) is 55.7. The van der Waals surface area contributed by atoms with Crippen molar-refractivity contribution < 1.29 is 107 Å². The molecule has 8 aliphatic rings. The molecule has 7 fully saturated rings. The Morgan fingerprint density at radius 3 is 1.77 bits per heavy atom. The van der Waals surface area contributed by atoms with E-state index >= 15 is 0 Å². The zero-order chi connectivity index (χ0) is 52.3. The molecule has 8 rings (SSSR count). The van der Waals surface area contributed by atoms with Crippen LogP contribution in [0.1, 0.15) is 106 Å². The fraction of sp³-hybridized carbons (Fsp3) is 0.938. The van der Waals surface area contributed by atoms with Crippen molar-refractivity contribution in [2.75, 3.05) is 19.8 Å². The van der Waals surface area contributed by atoms with E-state index in [-0.39, 0.29) is 35.5 Å². The van der Waals surface area contributed by atoms with Crippen molar-refractivity contribution in [2.24, 2.45) is 50.2 Å². The Kier molecular flexibility index (Phi) is 15.3. The van der Waals surface area contributed by atoms with Crippen LogP contribution in [0.25, 0.3) is 0 Å². The average Bonchev–Trinajstić information content (AvgIpc) is 3.29. The van der Waals surface area contributed by atoms with Gasteiger partial charge in [0.25, 0.3) is 0 Å². The number of rotatable bonds is 11. The summed E-state index contributed by atoms with van der Waals surface area (Å²) in [5.74, 6) is -1.20. The molecule has 0 aromatic rings. The molecule has 0 radical (unpaired) electrons. The number of carbonyl (C=O) groups is 1. The summed E-state index contributed by atoms with van der Waals surface area (Å²) in [5.41, 5.74) is -2.60. The van der Waals surface area contributed by atoms with Crippen molar-refractivity contribution in [1.82, 2.24) is 0 Å². The third-order valence-electron chi connectivity index (χ3n) is 19.5. The van der Waals surface area contributed by atoms with Crippen LogP contribution < -0.4 is 0 Å². The Bertz CT molecular complexity index is 2090. The van der Waals surface area contributed by atoms with Crippen LogP contribution >= 0.6 is 0 Å². The number of fused-ring (bicyclic) bond motifs is 7. The number of hydrogen-bond acceptors (Lipinski definition) is 22. The third-order valence-corrected chi connectivity index (χ3v) is 20.4. The van der Waals surface area contributed by atoms with Gasteiger partial charge in [-0.3, -0.25) is 4.79 Å². The van der Waals surface area contributed by atoms with E-state index in [4.69, 9.17) is 32.1 Å². The molecule has 24 unspecified atom stereocenters. The number of aliphatic hydroxyl groups is 12. The summed E-state index contributed by atoms with van der Waals surface area (Å²) in [5, 5.41) is 127. The van der Waals surface area contributed by atoms with Gasteiger partial charge >= 0.3 is 16.4 Å². The van der Waals surface area contributed by atoms with Gasteiger partial charge in [0.15, 0.2) is 12.4 Å². The summed E-state index contributed by atoms with van der Waals surface area (Å²) in [6, 6.07) is 0. The highest BCUT2D eigenvalue weighted by atomic mass is 32.3. The zero-order valence-corrected chi connectivity index (χ0v) is 42.3. The summed E-state index contributed by atoms with van der Waals surface area (Å²) in [7, 11) is -5.32. The van der Waals surface area contributed by atoms with Gasteiger partial charge in [0, 0.05) is 0 Å². The van der Waals surface area contributed by atoms with Crippen molar-refractivity contribution in [1.29, 1.82) is 0 Å². The van der Waals surface area contributed by atoms with Crippen LogP contribution in [-0.4, -0.2) is 200 Å². The minimum atomic E-state index is -5.32. The topological polar surface area (TPSA) is 359 Å². The quantitative estimate of drug-likeness (QED) is 0.0628. The van der Waals surface area contributed by atoms with Crippen LogP contribution in [-0.2, 0) is 47.2 Å². The lowest BCUT2D eigenvalue weighted by atomic mass is 9.33. The van der Waals surface area contributed by atoms with Gasteiger partial charge in [-0.05, 0) is 103 Å². The van der Waals surface area contributed by atoms with E-state index in [0.29, 0.717) is 44.9 Å². The zero-order valence-electron chi connectivity index (χ0n) is 41.5. The van der Waals surface area contributed by atoms with E-state index < -0.39 is 168 Å². The first-order chi connectivity index (χ1) is 33.0. The predicted octanol–water partition coefficient (Wildman–Crippen LogP) is -1.63. The van der Waals surface area contributed by atoms with Crippen LogP contribution in [0.4, 0.5) is 0 Å². The summed E-state index contributed by atoms with van der Waals surface area (Å²) >= 11 is 0. The number of hydrogen-bond donors (Lipinski definition) is 12. The van der Waals surface area contributed by atoms with Gasteiger partial charge in [-0.2, -0.15) is 8.42 Å². The molecule has 24 atom stereocenters. The Hall–Kier alpha value is -1.56. The van der Waals surface area contributed by atoms with Crippen molar-refractivity contribution in [2.45, 2.75) is 211 Å². The molecule has 408 valence electrons. The summed E-state index contributed by atoms with van der Waals surface area (Å²) < 4.78 is 66.3. The van der Waals surface area contributed by atoms with Crippen molar-refractivity contribution >= 4 is 16.4 Å². The van der Waals surface area contributed by atoms with Crippen LogP contribution in [0.3, 0.4) is 0 Å². The number of esters is 1. The van der Waals surface area contributed by atoms with E-state index in [9.17, 15) is 74.5 Å². The number of allylic oxidation sites excluding steroid dienone is 2. The molecule has 3 saturated heterocycles. The summed E-state index contributed by atoms with van der Waals surface area (Å²) in [4.78, 5) is 14.7. The first-order valence-corrected chi connectivity index (χ1v) is 26.4. The Morgan fingerprint density at radius 2 is 1.18 bits per heavy atom. The number of ether oxygens (including phenoxy) is 5. The molecule has 0 bridgehead atoms. The summed E-state index contributed by atoms with van der Waals surface area (Å²) in [6.45, 7) is 12.8. The molecule has 22 nitrogen and oxygen atoms in total. The smallest absolute Gasteiger partial charge is 0.403 e. The average molecular weight is 1040 g/mol. The van der Waals surface area contributed by atoms with Gasteiger partial charge in [-0.1, -0.05) is 60.1 Å². The highest BCUT2D eigenvalue weighted by Gasteiger charge is 2.72. The standard InChI is InChI=1S/C48H78O22S/c1-43(2)14-15-48(42(61)68-39-36(59)33(56)30(53)23(18-49)64-39)22(16-43)21-8-9-27-45(5)12-11-29(44(3,4)26(45)10-13-46(27,6)47(21,7)17-28(48)52)67-41-38(35(58)32(55)25(20-51)66-41)69-71(62,63)70-40-37(60)34(57)31(54)24(19-50)65-40/h8,22-41,49-60H,9-20H2,1-7H3. The molecular formula is C48H78O22S. The van der Waals surface area contributed by atoms with Crippen molar-refractivity contribution in [3.8, 4) is 0 Å². The second kappa shape index (κ2) is 19.5. The minimum absolute atomic E-state index is 0.0227. The van der Waals surface area contributed by atoms with Gasteiger partial charge < -0.3 is 85.0 Å². The molecule has 0 aromatic carbocycles. The lowest BCUT2D eigenvalue weighted by Crippen LogP contribution is -2.68. The Balaban J connectivity index is 1.04. The fourth-order valence-corrected chi connectivity index (χ4v) is 16.1. The van der Waals surface area contributed by atoms with E-state index in [0.717, 1.165) is 5.57 Å². The highest BCUT2D eigenvalue weighted by Crippen LogP contribution is 2.76. The maximum atomic E-state index is 14.7. The highest BCUT2D eigenvalue weighted by molar-refractivity contribution is 7.81. The maximum absolute atomic E-state index is 14.7. The lowest BCUT2D eigenvalue weighted by Gasteiger charge is -2.71. The molecule has 3 heterocycles. The number of aliphatic hydroxyl groups excluding tert-OH is 12. The lowest BCUT2D eigenvalue weighted by molar-refractivity contribution is -0.327. The second-order valence-corrected chi connectivity index (χ2v) is 25.2. The molecule has 0 aromatic heterocycles. The molecular weight excluding hydrogens is 961 g/mol. The molecule has 23 heteroatoms. The van der Waals surface area contributed by atoms with Crippen LogP contribution in [0, 0.1) is 50.2 Å². The second-order valence-electron chi connectivity index (χ2n) is 24.0. The van der Waals surface area contributed by atoms with Crippen LogP contribution in [0.5, 0.6) is 0 Å². The van der Waals surface area contributed by atoms with E-state index in [1.165, 1.54) is 0 Å². The molecule has 12 N–H and O–H groups in total. The minimum Gasteiger partial charge on any atom is -0.432 e. The largest absolute Gasteiger partial charge is 0.432 e. The van der Waals surface area contributed by atoms with Gasteiger partial charge in [0.05, 0.1) is 32.0 Å². The third kappa shape index (κ3) is 8.98. The van der Waals surface area contributed by atoms with Gasteiger partial charge in [-0.15, -0.1) is 0 Å². The summed E-state index contributed by atoms with van der Waals surface area (Å²) in [6.07, 6.45) is -21.7. The SMILES string of the molecule is CC1(C)CCC2(C(=O)OC3OC(CO)C(O)C(O)C3O)C(O)CC3(C)C(=CCC4C5(C)CCC(OC6OC(CO)C(O)C(O)C6OS(=O)(=O)OC6OC(CO)C(O)C(O)C6O)C(C)(C)C5CCC43C)C2C1. The maximum Gasteiger partial charge on any atom is 0.403 e.